The number of allylic oxidation sites excluding steroid dienone is 1. The van der Waals surface area contributed by atoms with E-state index in [2.05, 4.69) is 15.3 Å². The highest BCUT2D eigenvalue weighted by Crippen LogP contribution is 2.24. The van der Waals surface area contributed by atoms with Gasteiger partial charge in [-0.3, -0.25) is 5.43 Å². The summed E-state index contributed by atoms with van der Waals surface area (Å²) in [7, 11) is 0. The minimum Gasteiger partial charge on any atom is -0.386 e. The van der Waals surface area contributed by atoms with Crippen LogP contribution in [0.15, 0.2) is 16.8 Å². The van der Waals surface area contributed by atoms with Gasteiger partial charge in [-0.15, -0.1) is 18.3 Å². The fourth-order valence-electron chi connectivity index (χ4n) is 0.960. The van der Waals surface area contributed by atoms with Gasteiger partial charge in [0.1, 0.15) is 5.50 Å². The Balaban J connectivity index is 2.75. The van der Waals surface area contributed by atoms with Crippen molar-refractivity contribution in [1.29, 1.82) is 0 Å². The summed E-state index contributed by atoms with van der Waals surface area (Å²) in [6, 6.07) is 0. The molecular weight excluding hydrogens is 221 g/mol. The number of hydrogen-bond donors (Lipinski definition) is 1. The third kappa shape index (κ3) is 2.80. The van der Waals surface area contributed by atoms with Crippen LogP contribution >= 0.6 is 11.6 Å². The van der Waals surface area contributed by atoms with E-state index in [1.807, 2.05) is 0 Å². The second kappa shape index (κ2) is 4.08. The Morgan fingerprint density at radius 3 is 2.79 bits per heavy atom. The summed E-state index contributed by atoms with van der Waals surface area (Å²) in [6.45, 7) is 1.78. The summed E-state index contributed by atoms with van der Waals surface area (Å²) in [6.07, 6.45) is -2.66. The maximum absolute atomic E-state index is 11.8. The van der Waals surface area contributed by atoms with E-state index >= 15 is 0 Å². The number of hydrogen-bond acceptors (Lipinski definition) is 3. The number of halogens is 4. The van der Waals surface area contributed by atoms with Crippen LogP contribution in [-0.2, 0) is 4.74 Å². The monoisotopic (exact) mass is 228 g/mol. The average molecular weight is 229 g/mol. The molecule has 1 N–H and O–H groups in total. The molecule has 1 rings (SSSR count). The van der Waals surface area contributed by atoms with Crippen molar-refractivity contribution in [1.82, 2.24) is 5.43 Å². The van der Waals surface area contributed by atoms with Crippen LogP contribution in [0.1, 0.15) is 13.3 Å². The third-order valence-electron chi connectivity index (χ3n) is 1.44. The Labute approximate surface area is 83.6 Å². The molecule has 14 heavy (non-hydrogen) atoms. The van der Waals surface area contributed by atoms with Crippen LogP contribution < -0.4 is 5.43 Å². The molecule has 1 heterocycles. The van der Waals surface area contributed by atoms with E-state index in [0.29, 0.717) is 6.42 Å². The first-order chi connectivity index (χ1) is 6.44. The number of nitrogens with zero attached hydrogens (tertiary/aromatic N) is 1. The third-order valence-corrected chi connectivity index (χ3v) is 1.77. The number of hydrazone groups is 1. The molecule has 0 radical (unpaired) electrons. The van der Waals surface area contributed by atoms with Gasteiger partial charge in [0.05, 0.1) is 5.57 Å². The molecule has 0 amide bonds. The van der Waals surface area contributed by atoms with Gasteiger partial charge in [-0.25, -0.2) is 0 Å². The fourth-order valence-corrected chi connectivity index (χ4v) is 1.19. The van der Waals surface area contributed by atoms with Crippen molar-refractivity contribution in [3.63, 3.8) is 0 Å². The molecule has 0 aromatic rings. The van der Waals surface area contributed by atoms with Gasteiger partial charge in [-0.2, -0.15) is 0 Å². The molecule has 0 saturated heterocycles. The average Bonchev–Trinajstić information content (AvgIpc) is 2.33. The van der Waals surface area contributed by atoms with Crippen LogP contribution in [0.3, 0.4) is 0 Å². The molecule has 0 unspecified atom stereocenters. The molecule has 80 valence electrons. The van der Waals surface area contributed by atoms with Crippen LogP contribution in [0.2, 0.25) is 0 Å². The minimum absolute atomic E-state index is 0.214. The smallest absolute Gasteiger partial charge is 0.386 e. The molecule has 0 aromatic carbocycles. The van der Waals surface area contributed by atoms with Gasteiger partial charge in [0.15, 0.2) is 0 Å². The molecule has 0 aliphatic carbocycles. The van der Waals surface area contributed by atoms with Crippen LogP contribution in [-0.4, -0.2) is 17.8 Å². The lowest BCUT2D eigenvalue weighted by molar-refractivity contribution is -0.283. The topological polar surface area (TPSA) is 33.6 Å². The van der Waals surface area contributed by atoms with Gasteiger partial charge in [-0.1, -0.05) is 24.6 Å². The minimum atomic E-state index is -4.74. The molecule has 0 spiro atoms. The predicted octanol–water partition coefficient (Wildman–Crippen LogP) is 2.34. The molecule has 0 bridgehead atoms. The molecule has 0 aromatic heterocycles. The van der Waals surface area contributed by atoms with E-state index < -0.39 is 17.8 Å². The van der Waals surface area contributed by atoms with Crippen molar-refractivity contribution in [2.75, 3.05) is 0 Å². The number of rotatable bonds is 1. The van der Waals surface area contributed by atoms with E-state index in [4.69, 9.17) is 11.6 Å². The maximum Gasteiger partial charge on any atom is 0.574 e. The number of alkyl halides is 4. The fraction of sp³-hybridized carbons (Fsp3) is 0.571. The summed E-state index contributed by atoms with van der Waals surface area (Å²) < 4.78 is 39.2. The van der Waals surface area contributed by atoms with Gasteiger partial charge in [0.2, 0.25) is 5.90 Å². The Morgan fingerprint density at radius 2 is 2.29 bits per heavy atom. The van der Waals surface area contributed by atoms with Gasteiger partial charge >= 0.3 is 6.36 Å². The molecular formula is C7H8ClF3N2O. The number of ether oxygens (including phenoxy) is 1. The predicted molar refractivity (Wildman–Crippen MR) is 45.7 cm³/mol. The Morgan fingerprint density at radius 1 is 1.64 bits per heavy atom. The van der Waals surface area contributed by atoms with E-state index in [9.17, 15) is 13.2 Å². The second-order valence-corrected chi connectivity index (χ2v) is 2.96. The van der Waals surface area contributed by atoms with Crippen molar-refractivity contribution in [2.24, 2.45) is 5.10 Å². The normalized spacial score (nSPS) is 24.8. The van der Waals surface area contributed by atoms with Gasteiger partial charge in [0, 0.05) is 0 Å². The zero-order valence-electron chi connectivity index (χ0n) is 7.23. The summed E-state index contributed by atoms with van der Waals surface area (Å²) in [5.41, 5.74) is 1.74. The van der Waals surface area contributed by atoms with Gasteiger partial charge in [-0.05, 0) is 6.42 Å². The number of nitrogens with one attached hydrogen (secondary N) is 1. The quantitative estimate of drug-likeness (QED) is 0.552. The van der Waals surface area contributed by atoms with E-state index in [1.165, 1.54) is 6.08 Å². The first-order valence-electron chi connectivity index (χ1n) is 3.87. The van der Waals surface area contributed by atoms with Crippen molar-refractivity contribution < 1.29 is 17.9 Å². The molecule has 7 heteroatoms. The summed E-state index contributed by atoms with van der Waals surface area (Å²) in [5.74, 6) is -0.514. The molecule has 1 aliphatic heterocycles. The largest absolute Gasteiger partial charge is 0.574 e. The van der Waals surface area contributed by atoms with Crippen LogP contribution in [0.5, 0.6) is 0 Å². The zero-order chi connectivity index (χ0) is 10.8. The summed E-state index contributed by atoms with van der Waals surface area (Å²) in [5, 5.41) is 3.33. The molecule has 1 atom stereocenters. The Kier molecular flexibility index (Phi) is 3.25. The van der Waals surface area contributed by atoms with Crippen LogP contribution in [0, 0.1) is 0 Å². The lowest BCUT2D eigenvalue weighted by Crippen LogP contribution is -2.21. The first kappa shape index (κ1) is 11.2. The first-order valence-corrected chi connectivity index (χ1v) is 4.31. The molecule has 0 saturated carbocycles. The standard InChI is InChI=1S/C7H8ClF3N2O/c1-2-3-4-5(8)12-13-6(4)14-7(9,10)11/h3,5,12H,2H2,1H3/b4-3+/t5-/m0/s1. The molecule has 3 nitrogen and oxygen atoms in total. The van der Waals surface area contributed by atoms with E-state index in [-0.39, 0.29) is 5.57 Å². The van der Waals surface area contributed by atoms with E-state index in [1.54, 1.807) is 6.92 Å². The SMILES string of the molecule is CC/C=C1/C(OC(F)(F)F)=NN[C@@H]1Cl. The summed E-state index contributed by atoms with van der Waals surface area (Å²) in [4.78, 5) is 0. The summed E-state index contributed by atoms with van der Waals surface area (Å²) >= 11 is 5.64. The maximum atomic E-state index is 11.8. The van der Waals surface area contributed by atoms with E-state index in [0.717, 1.165) is 0 Å². The Hall–Kier alpha value is -0.910. The Bertz CT molecular complexity index is 275. The highest BCUT2D eigenvalue weighted by Gasteiger charge is 2.37. The van der Waals surface area contributed by atoms with Crippen molar-refractivity contribution >= 4 is 17.5 Å². The van der Waals surface area contributed by atoms with Gasteiger partial charge < -0.3 is 4.74 Å². The zero-order valence-corrected chi connectivity index (χ0v) is 7.99. The van der Waals surface area contributed by atoms with Crippen molar-refractivity contribution in [2.45, 2.75) is 25.2 Å². The van der Waals surface area contributed by atoms with Crippen LogP contribution in [0.25, 0.3) is 0 Å². The highest BCUT2D eigenvalue weighted by atomic mass is 35.5. The lowest BCUT2D eigenvalue weighted by Gasteiger charge is -2.09. The lowest BCUT2D eigenvalue weighted by atomic mass is 10.2. The van der Waals surface area contributed by atoms with Gasteiger partial charge in [0.25, 0.3) is 0 Å². The molecule has 0 fully saturated rings. The van der Waals surface area contributed by atoms with Crippen molar-refractivity contribution in [3.05, 3.63) is 11.6 Å². The highest BCUT2D eigenvalue weighted by molar-refractivity contribution is 6.26. The van der Waals surface area contributed by atoms with Crippen molar-refractivity contribution in [3.8, 4) is 0 Å². The van der Waals surface area contributed by atoms with Crippen LogP contribution in [0.4, 0.5) is 13.2 Å². The second-order valence-electron chi connectivity index (χ2n) is 2.52. The molecule has 1 aliphatic rings.